The Morgan fingerprint density at radius 1 is 1.28 bits per heavy atom. The van der Waals surface area contributed by atoms with Crippen LogP contribution in [0.5, 0.6) is 0 Å². The third kappa shape index (κ3) is 2.98. The number of rotatable bonds is 3. The van der Waals surface area contributed by atoms with Gasteiger partial charge in [0.25, 0.3) is 0 Å². The summed E-state index contributed by atoms with van der Waals surface area (Å²) in [6.45, 7) is 0. The van der Waals surface area contributed by atoms with Crippen LogP contribution in [0.1, 0.15) is 19.3 Å². The Morgan fingerprint density at radius 3 is 2.60 bits per heavy atom. The van der Waals surface area contributed by atoms with Crippen molar-refractivity contribution < 1.29 is 19.4 Å². The summed E-state index contributed by atoms with van der Waals surface area (Å²) in [7, 11) is 0. The zero-order chi connectivity index (χ0) is 17.7. The lowest BCUT2D eigenvalue weighted by atomic mass is 9.77. The fourth-order valence-corrected chi connectivity index (χ4v) is 4.14. The molecule has 0 bridgehead atoms. The Balaban J connectivity index is 1.68. The molecule has 2 saturated carbocycles. The van der Waals surface area contributed by atoms with Crippen molar-refractivity contribution in [3.63, 3.8) is 0 Å². The molecule has 1 saturated heterocycles. The molecule has 3 fully saturated rings. The molecule has 0 aromatic heterocycles. The van der Waals surface area contributed by atoms with E-state index in [-0.39, 0.29) is 24.2 Å². The highest BCUT2D eigenvalue weighted by atomic mass is 32.1. The zero-order valence-electron chi connectivity index (χ0n) is 13.4. The second kappa shape index (κ2) is 6.19. The zero-order valence-corrected chi connectivity index (χ0v) is 14.2. The molecule has 0 spiro atoms. The molecule has 4 rings (SSSR count). The van der Waals surface area contributed by atoms with Gasteiger partial charge >= 0.3 is 0 Å². The lowest BCUT2D eigenvalue weighted by molar-refractivity contribution is -0.131. The molecule has 1 amide bonds. The number of carbonyl (C=O) groups excluding carboxylic acids is 1. The molecule has 6 nitrogen and oxygen atoms in total. The van der Waals surface area contributed by atoms with E-state index in [1.807, 2.05) is 0 Å². The number of carbonyl (C=O) groups is 1. The fraction of sp³-hybridized carbons (Fsp3) is 0.529. The van der Waals surface area contributed by atoms with E-state index in [0.717, 1.165) is 12.8 Å². The number of benzene rings is 1. The molecule has 1 heterocycles. The molecule has 2 aliphatic carbocycles. The number of amides is 1. The Hall–Kier alpha value is -1.77. The van der Waals surface area contributed by atoms with Crippen molar-refractivity contribution >= 4 is 28.9 Å². The van der Waals surface area contributed by atoms with Gasteiger partial charge in [0.05, 0.1) is 24.1 Å². The third-order valence-electron chi connectivity index (χ3n) is 5.21. The van der Waals surface area contributed by atoms with E-state index in [9.17, 15) is 19.4 Å². The van der Waals surface area contributed by atoms with Crippen molar-refractivity contribution in [1.29, 1.82) is 0 Å². The van der Waals surface area contributed by atoms with E-state index in [1.165, 1.54) is 12.1 Å². The van der Waals surface area contributed by atoms with Crippen LogP contribution in [0.4, 0.5) is 10.1 Å². The van der Waals surface area contributed by atoms with Crippen LogP contribution in [0.3, 0.4) is 0 Å². The van der Waals surface area contributed by atoms with Crippen molar-refractivity contribution in [1.82, 2.24) is 10.6 Å². The van der Waals surface area contributed by atoms with Crippen molar-refractivity contribution in [3.05, 3.63) is 30.1 Å². The standard InChI is InChI=1S/C17H20FN3O3S/c18-8-1-5-10(6-2-8)21-14-11(16(24)19-9-3-4-9)7-12(22)15(23)13(14)20-17(21)25/h1-2,5-6,9,11-15,22-23H,3-4,7H2,(H,19,24)(H,20,25)/t11-,12-,13-,14-,15+/m1/s1. The van der Waals surface area contributed by atoms with Crippen molar-refractivity contribution in [2.45, 2.75) is 49.6 Å². The second-order valence-corrected chi connectivity index (χ2v) is 7.38. The predicted molar refractivity (Wildman–Crippen MR) is 93.5 cm³/mol. The van der Waals surface area contributed by atoms with Crippen LogP contribution < -0.4 is 15.5 Å². The van der Waals surface area contributed by atoms with Crippen LogP contribution in [0.2, 0.25) is 0 Å². The lowest BCUT2D eigenvalue weighted by Gasteiger charge is -2.41. The molecule has 134 valence electrons. The Bertz CT molecular complexity index is 697. The summed E-state index contributed by atoms with van der Waals surface area (Å²) >= 11 is 5.40. The SMILES string of the molecule is O=C(NC1CC1)[C@@H]1C[C@@H](O)[C@H](O)[C@@H]2NC(=S)N(c3ccc(F)cc3)[C@@H]21. The lowest BCUT2D eigenvalue weighted by Crippen LogP contribution is -2.61. The Kier molecular flexibility index (Phi) is 4.13. The van der Waals surface area contributed by atoms with Gasteiger partial charge in [-0.25, -0.2) is 4.39 Å². The van der Waals surface area contributed by atoms with E-state index in [0.29, 0.717) is 10.8 Å². The number of thiocarbonyl (C=S) groups is 1. The average molecular weight is 365 g/mol. The number of anilines is 1. The quantitative estimate of drug-likeness (QED) is 0.576. The van der Waals surface area contributed by atoms with Gasteiger partial charge in [-0.3, -0.25) is 4.79 Å². The number of fused-ring (bicyclic) bond motifs is 1. The highest BCUT2D eigenvalue weighted by molar-refractivity contribution is 7.80. The number of nitrogens with one attached hydrogen (secondary N) is 2. The second-order valence-electron chi connectivity index (χ2n) is 7.00. The average Bonchev–Trinajstić information content (AvgIpc) is 3.32. The Labute approximate surface area is 150 Å². The highest BCUT2D eigenvalue weighted by Gasteiger charge is 2.54. The fourth-order valence-electron chi connectivity index (χ4n) is 3.78. The van der Waals surface area contributed by atoms with Gasteiger partial charge < -0.3 is 25.7 Å². The summed E-state index contributed by atoms with van der Waals surface area (Å²) in [5.74, 6) is -1.02. The van der Waals surface area contributed by atoms with E-state index < -0.39 is 30.2 Å². The van der Waals surface area contributed by atoms with E-state index in [4.69, 9.17) is 12.2 Å². The summed E-state index contributed by atoms with van der Waals surface area (Å²) in [6.07, 6.45) is 0.0627. The number of halogens is 1. The topological polar surface area (TPSA) is 84.8 Å². The van der Waals surface area contributed by atoms with Gasteiger partial charge in [0.15, 0.2) is 5.11 Å². The van der Waals surface area contributed by atoms with Crippen LogP contribution in [0, 0.1) is 11.7 Å². The first-order valence-corrected chi connectivity index (χ1v) is 8.88. The van der Waals surface area contributed by atoms with Crippen LogP contribution in [0.15, 0.2) is 24.3 Å². The molecule has 5 atom stereocenters. The number of aliphatic hydroxyl groups excluding tert-OH is 2. The largest absolute Gasteiger partial charge is 0.390 e. The third-order valence-corrected chi connectivity index (χ3v) is 5.52. The summed E-state index contributed by atoms with van der Waals surface area (Å²) in [4.78, 5) is 14.5. The first kappa shape index (κ1) is 16.7. The van der Waals surface area contributed by atoms with Crippen molar-refractivity contribution in [2.24, 2.45) is 5.92 Å². The summed E-state index contributed by atoms with van der Waals surface area (Å²) in [6, 6.07) is 5.07. The molecule has 25 heavy (non-hydrogen) atoms. The molecular weight excluding hydrogens is 345 g/mol. The van der Waals surface area contributed by atoms with Gasteiger partial charge in [0, 0.05) is 11.7 Å². The molecule has 3 aliphatic rings. The van der Waals surface area contributed by atoms with Crippen LogP contribution in [-0.2, 0) is 4.79 Å². The Morgan fingerprint density at radius 2 is 1.96 bits per heavy atom. The molecule has 8 heteroatoms. The first-order chi connectivity index (χ1) is 12.0. The minimum atomic E-state index is -1.03. The van der Waals surface area contributed by atoms with E-state index >= 15 is 0 Å². The number of hydrogen-bond donors (Lipinski definition) is 4. The van der Waals surface area contributed by atoms with Gasteiger partial charge in [-0.1, -0.05) is 0 Å². The molecule has 1 aromatic rings. The molecular formula is C17H20FN3O3S. The van der Waals surface area contributed by atoms with Gasteiger partial charge in [0.2, 0.25) is 5.91 Å². The summed E-state index contributed by atoms with van der Waals surface area (Å²) in [5.41, 5.74) is 0.652. The number of aliphatic hydroxyl groups is 2. The van der Waals surface area contributed by atoms with Crippen LogP contribution >= 0.6 is 12.2 Å². The highest BCUT2D eigenvalue weighted by Crippen LogP contribution is 2.37. The monoisotopic (exact) mass is 365 g/mol. The summed E-state index contributed by atoms with van der Waals surface area (Å²) < 4.78 is 13.3. The van der Waals surface area contributed by atoms with E-state index in [2.05, 4.69) is 10.6 Å². The molecule has 4 N–H and O–H groups in total. The predicted octanol–water partition coefficient (Wildman–Crippen LogP) is 0.278. The normalized spacial score (nSPS) is 34.4. The van der Waals surface area contributed by atoms with Gasteiger partial charge in [-0.05, 0) is 55.7 Å². The van der Waals surface area contributed by atoms with E-state index in [1.54, 1.807) is 17.0 Å². The maximum atomic E-state index is 13.3. The number of nitrogens with zero attached hydrogens (tertiary/aromatic N) is 1. The minimum absolute atomic E-state index is 0.137. The van der Waals surface area contributed by atoms with Gasteiger partial charge in [-0.15, -0.1) is 0 Å². The molecule has 0 radical (unpaired) electrons. The van der Waals surface area contributed by atoms with Crippen molar-refractivity contribution in [2.75, 3.05) is 4.90 Å². The molecule has 0 unspecified atom stereocenters. The smallest absolute Gasteiger partial charge is 0.225 e. The van der Waals surface area contributed by atoms with Crippen LogP contribution in [-0.4, -0.2) is 51.6 Å². The maximum Gasteiger partial charge on any atom is 0.225 e. The summed E-state index contributed by atoms with van der Waals surface area (Å²) in [5, 5.41) is 26.9. The van der Waals surface area contributed by atoms with Gasteiger partial charge in [-0.2, -0.15) is 0 Å². The van der Waals surface area contributed by atoms with Crippen LogP contribution in [0.25, 0.3) is 0 Å². The molecule has 1 aliphatic heterocycles. The maximum absolute atomic E-state index is 13.3. The minimum Gasteiger partial charge on any atom is -0.390 e. The van der Waals surface area contributed by atoms with Gasteiger partial charge in [0.1, 0.15) is 11.9 Å². The first-order valence-electron chi connectivity index (χ1n) is 8.47. The van der Waals surface area contributed by atoms with Crippen molar-refractivity contribution in [3.8, 4) is 0 Å². The number of hydrogen-bond acceptors (Lipinski definition) is 4. The molecule has 1 aromatic carbocycles.